The molecule has 1 aliphatic carbocycles. The SMILES string of the molecule is COc1cccc(NC(=O)C2(C(=O)Nc3cccc(Br)c3)CC2)c1. The van der Waals surface area contributed by atoms with E-state index < -0.39 is 5.41 Å². The molecule has 1 saturated carbocycles. The molecule has 0 aromatic heterocycles. The van der Waals surface area contributed by atoms with E-state index in [0.29, 0.717) is 30.0 Å². The van der Waals surface area contributed by atoms with Crippen molar-refractivity contribution in [2.45, 2.75) is 12.8 Å². The van der Waals surface area contributed by atoms with Crippen molar-refractivity contribution in [3.8, 4) is 5.75 Å². The first-order valence-electron chi connectivity index (χ1n) is 7.56. The second kappa shape index (κ2) is 6.65. The van der Waals surface area contributed by atoms with E-state index in [1.165, 1.54) is 0 Å². The summed E-state index contributed by atoms with van der Waals surface area (Å²) in [6, 6.07) is 14.4. The van der Waals surface area contributed by atoms with Crippen molar-refractivity contribution in [2.24, 2.45) is 5.41 Å². The van der Waals surface area contributed by atoms with Gasteiger partial charge in [0, 0.05) is 21.9 Å². The molecule has 24 heavy (non-hydrogen) atoms. The molecular weight excluding hydrogens is 372 g/mol. The minimum absolute atomic E-state index is 0.277. The monoisotopic (exact) mass is 388 g/mol. The zero-order valence-electron chi connectivity index (χ0n) is 13.1. The molecule has 0 radical (unpaired) electrons. The first-order chi connectivity index (χ1) is 11.5. The number of amides is 2. The minimum Gasteiger partial charge on any atom is -0.497 e. The van der Waals surface area contributed by atoms with Gasteiger partial charge in [0.1, 0.15) is 11.2 Å². The van der Waals surface area contributed by atoms with Crippen LogP contribution in [-0.2, 0) is 9.59 Å². The van der Waals surface area contributed by atoms with Crippen LogP contribution in [0.1, 0.15) is 12.8 Å². The average molecular weight is 389 g/mol. The number of anilines is 2. The summed E-state index contributed by atoms with van der Waals surface area (Å²) in [5.41, 5.74) is 0.279. The standard InChI is InChI=1S/C18H17BrN2O3/c1-24-15-7-3-6-14(11-15)21-17(23)18(8-9-18)16(22)20-13-5-2-4-12(19)10-13/h2-7,10-11H,8-9H2,1H3,(H,20,22)(H,21,23). The quantitative estimate of drug-likeness (QED) is 0.765. The normalized spacial score (nSPS) is 14.6. The third-order valence-electron chi connectivity index (χ3n) is 4.03. The predicted molar refractivity (Wildman–Crippen MR) is 96.1 cm³/mol. The van der Waals surface area contributed by atoms with Crippen molar-refractivity contribution < 1.29 is 14.3 Å². The lowest BCUT2D eigenvalue weighted by atomic mass is 10.0. The summed E-state index contributed by atoms with van der Waals surface area (Å²) in [5.74, 6) is 0.0838. The third-order valence-corrected chi connectivity index (χ3v) is 4.52. The Morgan fingerprint density at radius 2 is 1.58 bits per heavy atom. The van der Waals surface area contributed by atoms with E-state index in [-0.39, 0.29) is 11.8 Å². The van der Waals surface area contributed by atoms with Crippen molar-refractivity contribution in [1.29, 1.82) is 0 Å². The Labute approximate surface area is 148 Å². The van der Waals surface area contributed by atoms with Crippen LogP contribution in [0.15, 0.2) is 53.0 Å². The van der Waals surface area contributed by atoms with Gasteiger partial charge in [0.05, 0.1) is 7.11 Å². The van der Waals surface area contributed by atoms with Crippen molar-refractivity contribution in [3.63, 3.8) is 0 Å². The fourth-order valence-electron chi connectivity index (χ4n) is 2.45. The number of rotatable bonds is 5. The number of carbonyl (C=O) groups excluding carboxylic acids is 2. The smallest absolute Gasteiger partial charge is 0.240 e. The molecule has 5 nitrogen and oxygen atoms in total. The maximum Gasteiger partial charge on any atom is 0.240 e. The van der Waals surface area contributed by atoms with Crippen LogP contribution in [0.5, 0.6) is 5.75 Å². The van der Waals surface area contributed by atoms with Crippen LogP contribution in [0.25, 0.3) is 0 Å². The predicted octanol–water partition coefficient (Wildman–Crippen LogP) is 3.82. The lowest BCUT2D eigenvalue weighted by molar-refractivity contribution is -0.131. The van der Waals surface area contributed by atoms with Gasteiger partial charge >= 0.3 is 0 Å². The van der Waals surface area contributed by atoms with E-state index in [2.05, 4.69) is 26.6 Å². The number of benzene rings is 2. The van der Waals surface area contributed by atoms with Gasteiger partial charge in [0.15, 0.2) is 0 Å². The third kappa shape index (κ3) is 3.43. The summed E-state index contributed by atoms with van der Waals surface area (Å²) in [6.07, 6.45) is 1.09. The minimum atomic E-state index is -0.995. The fraction of sp³-hybridized carbons (Fsp3) is 0.222. The summed E-state index contributed by atoms with van der Waals surface area (Å²) in [7, 11) is 1.56. The second-order valence-electron chi connectivity index (χ2n) is 5.73. The Morgan fingerprint density at radius 1 is 1.00 bits per heavy atom. The van der Waals surface area contributed by atoms with E-state index in [4.69, 9.17) is 4.74 Å². The molecule has 0 aliphatic heterocycles. The Hall–Kier alpha value is -2.34. The Bertz CT molecular complexity index is 787. The maximum atomic E-state index is 12.6. The van der Waals surface area contributed by atoms with Gasteiger partial charge in [-0.1, -0.05) is 28.1 Å². The van der Waals surface area contributed by atoms with Gasteiger partial charge in [0.25, 0.3) is 0 Å². The molecule has 3 rings (SSSR count). The molecule has 6 heteroatoms. The van der Waals surface area contributed by atoms with Crippen molar-refractivity contribution >= 4 is 39.1 Å². The Balaban J connectivity index is 1.70. The number of halogens is 1. The van der Waals surface area contributed by atoms with Crippen LogP contribution in [0.4, 0.5) is 11.4 Å². The molecule has 0 bridgehead atoms. The van der Waals surface area contributed by atoms with Gasteiger partial charge in [-0.3, -0.25) is 9.59 Å². The van der Waals surface area contributed by atoms with E-state index in [0.717, 1.165) is 4.47 Å². The van der Waals surface area contributed by atoms with Crippen LogP contribution in [0.2, 0.25) is 0 Å². The van der Waals surface area contributed by atoms with E-state index in [1.54, 1.807) is 43.5 Å². The summed E-state index contributed by atoms with van der Waals surface area (Å²) in [5, 5.41) is 5.63. The highest BCUT2D eigenvalue weighted by molar-refractivity contribution is 9.10. The molecule has 1 fully saturated rings. The highest BCUT2D eigenvalue weighted by Crippen LogP contribution is 2.47. The number of methoxy groups -OCH3 is 1. The molecule has 0 heterocycles. The second-order valence-corrected chi connectivity index (χ2v) is 6.65. The molecule has 0 atom stereocenters. The van der Waals surface area contributed by atoms with Crippen LogP contribution >= 0.6 is 15.9 Å². The molecule has 124 valence electrons. The molecule has 2 N–H and O–H groups in total. The first-order valence-corrected chi connectivity index (χ1v) is 8.35. The van der Waals surface area contributed by atoms with Crippen LogP contribution in [0, 0.1) is 5.41 Å². The summed E-state index contributed by atoms with van der Waals surface area (Å²) in [4.78, 5) is 25.1. The molecule has 2 amide bonds. The summed E-state index contributed by atoms with van der Waals surface area (Å²) < 4.78 is 6.01. The lowest BCUT2D eigenvalue weighted by Gasteiger charge is -2.16. The summed E-state index contributed by atoms with van der Waals surface area (Å²) >= 11 is 3.36. The Kier molecular flexibility index (Phi) is 4.57. The van der Waals surface area contributed by atoms with Crippen LogP contribution < -0.4 is 15.4 Å². The molecule has 1 aliphatic rings. The van der Waals surface area contributed by atoms with Gasteiger partial charge in [-0.15, -0.1) is 0 Å². The van der Waals surface area contributed by atoms with Crippen LogP contribution in [0.3, 0.4) is 0 Å². The molecule has 2 aromatic rings. The zero-order valence-corrected chi connectivity index (χ0v) is 14.7. The molecule has 0 unspecified atom stereocenters. The number of hydrogen-bond acceptors (Lipinski definition) is 3. The van der Waals surface area contributed by atoms with Gasteiger partial charge in [-0.2, -0.15) is 0 Å². The van der Waals surface area contributed by atoms with Gasteiger partial charge < -0.3 is 15.4 Å². The van der Waals surface area contributed by atoms with Gasteiger partial charge in [0.2, 0.25) is 11.8 Å². The van der Waals surface area contributed by atoms with E-state index in [9.17, 15) is 9.59 Å². The van der Waals surface area contributed by atoms with E-state index >= 15 is 0 Å². The van der Waals surface area contributed by atoms with E-state index in [1.807, 2.05) is 12.1 Å². The number of carbonyl (C=O) groups is 2. The largest absolute Gasteiger partial charge is 0.497 e. The van der Waals surface area contributed by atoms with Crippen molar-refractivity contribution in [3.05, 3.63) is 53.0 Å². The van der Waals surface area contributed by atoms with Gasteiger partial charge in [-0.25, -0.2) is 0 Å². The summed E-state index contributed by atoms with van der Waals surface area (Å²) in [6.45, 7) is 0. The van der Waals surface area contributed by atoms with Crippen molar-refractivity contribution in [1.82, 2.24) is 0 Å². The zero-order chi connectivity index (χ0) is 17.2. The molecule has 0 saturated heterocycles. The number of ether oxygens (including phenoxy) is 1. The highest BCUT2D eigenvalue weighted by atomic mass is 79.9. The first kappa shape index (κ1) is 16.5. The van der Waals surface area contributed by atoms with Crippen molar-refractivity contribution in [2.75, 3.05) is 17.7 Å². The fourth-order valence-corrected chi connectivity index (χ4v) is 2.85. The molecule has 0 spiro atoms. The molecule has 2 aromatic carbocycles. The number of hydrogen-bond donors (Lipinski definition) is 2. The number of nitrogens with one attached hydrogen (secondary N) is 2. The lowest BCUT2D eigenvalue weighted by Crippen LogP contribution is -2.35. The average Bonchev–Trinajstić information content (AvgIpc) is 3.37. The van der Waals surface area contributed by atoms with Gasteiger partial charge in [-0.05, 0) is 43.2 Å². The highest BCUT2D eigenvalue weighted by Gasteiger charge is 2.56. The Morgan fingerprint density at radius 3 is 2.12 bits per heavy atom. The van der Waals surface area contributed by atoms with Crippen LogP contribution in [-0.4, -0.2) is 18.9 Å². The maximum absolute atomic E-state index is 12.6. The topological polar surface area (TPSA) is 67.4 Å². The molecular formula is C18H17BrN2O3.